The highest BCUT2D eigenvalue weighted by Crippen LogP contribution is 2.35. The Morgan fingerprint density at radius 1 is 1.17 bits per heavy atom. The van der Waals surface area contributed by atoms with Crippen LogP contribution in [0.25, 0.3) is 11.3 Å². The fourth-order valence-corrected chi connectivity index (χ4v) is 3.09. The van der Waals surface area contributed by atoms with E-state index < -0.39 is 0 Å². The lowest BCUT2D eigenvalue weighted by atomic mass is 9.86. The summed E-state index contributed by atoms with van der Waals surface area (Å²) in [5.74, 6) is 0.448. The van der Waals surface area contributed by atoms with Crippen molar-refractivity contribution in [1.29, 1.82) is 0 Å². The molecule has 0 spiro atoms. The highest BCUT2D eigenvalue weighted by atomic mass is 19.1. The quantitative estimate of drug-likeness (QED) is 0.919. The maximum absolute atomic E-state index is 13.1. The van der Waals surface area contributed by atoms with Crippen LogP contribution in [0.4, 0.5) is 10.2 Å². The van der Waals surface area contributed by atoms with Crippen molar-refractivity contribution in [3.63, 3.8) is 0 Å². The van der Waals surface area contributed by atoms with Gasteiger partial charge in [-0.2, -0.15) is 0 Å². The number of benzene rings is 1. The number of nitrogens with one attached hydrogen (secondary N) is 1. The Bertz CT molecular complexity index is 694. The summed E-state index contributed by atoms with van der Waals surface area (Å²) in [6.07, 6.45) is 7.35. The van der Waals surface area contributed by atoms with Gasteiger partial charge in [-0.15, -0.1) is 0 Å². The molecule has 4 nitrogen and oxygen atoms in total. The zero-order valence-corrected chi connectivity index (χ0v) is 13.2. The number of amides is 1. The van der Waals surface area contributed by atoms with Crippen LogP contribution in [-0.2, 0) is 4.79 Å². The summed E-state index contributed by atoms with van der Waals surface area (Å²) in [6, 6.07) is 6.22. The lowest BCUT2D eigenvalue weighted by Crippen LogP contribution is -2.15. The molecule has 1 aromatic heterocycles. The number of hydrogen-bond donors (Lipinski definition) is 1. The van der Waals surface area contributed by atoms with E-state index in [2.05, 4.69) is 10.3 Å². The Balaban J connectivity index is 1.99. The molecule has 0 aliphatic heterocycles. The summed E-state index contributed by atoms with van der Waals surface area (Å²) in [6.45, 7) is 1.47. The summed E-state index contributed by atoms with van der Waals surface area (Å²) < 4.78 is 13.1. The van der Waals surface area contributed by atoms with E-state index in [1.165, 1.54) is 38.3 Å². The van der Waals surface area contributed by atoms with Crippen molar-refractivity contribution in [2.45, 2.75) is 44.9 Å². The lowest BCUT2D eigenvalue weighted by molar-refractivity contribution is -0.114. The topological polar surface area (TPSA) is 54.9 Å². The molecule has 120 valence electrons. The predicted octanol–water partition coefficient (Wildman–Crippen LogP) is 4.29. The summed E-state index contributed by atoms with van der Waals surface area (Å²) in [7, 11) is 0. The maximum Gasteiger partial charge on any atom is 0.222 e. The van der Waals surface area contributed by atoms with Gasteiger partial charge in [-0.25, -0.2) is 14.4 Å². The largest absolute Gasteiger partial charge is 0.309 e. The zero-order chi connectivity index (χ0) is 16.2. The van der Waals surface area contributed by atoms with Gasteiger partial charge in [0, 0.05) is 18.4 Å². The lowest BCUT2D eigenvalue weighted by Gasteiger charge is -2.23. The van der Waals surface area contributed by atoms with Crippen molar-refractivity contribution in [2.24, 2.45) is 0 Å². The molecular weight excluding hydrogens is 293 g/mol. The molecule has 0 unspecified atom stereocenters. The van der Waals surface area contributed by atoms with E-state index >= 15 is 0 Å². The highest BCUT2D eigenvalue weighted by Gasteiger charge is 2.22. The molecular formula is C18H20FN3O. The van der Waals surface area contributed by atoms with Crippen molar-refractivity contribution < 1.29 is 9.18 Å². The van der Waals surface area contributed by atoms with Gasteiger partial charge in [-0.3, -0.25) is 4.79 Å². The van der Waals surface area contributed by atoms with Crippen molar-refractivity contribution in [1.82, 2.24) is 9.97 Å². The number of hydrogen-bond acceptors (Lipinski definition) is 3. The summed E-state index contributed by atoms with van der Waals surface area (Å²) >= 11 is 0. The number of rotatable bonds is 3. The Morgan fingerprint density at radius 2 is 1.87 bits per heavy atom. The van der Waals surface area contributed by atoms with Gasteiger partial charge in [0.05, 0.1) is 17.6 Å². The van der Waals surface area contributed by atoms with E-state index in [9.17, 15) is 9.18 Å². The molecule has 3 rings (SSSR count). The highest BCUT2D eigenvalue weighted by molar-refractivity contribution is 5.88. The Kier molecular flexibility index (Phi) is 4.65. The first-order valence-electron chi connectivity index (χ1n) is 8.04. The average molecular weight is 313 g/mol. The molecule has 1 aromatic carbocycles. The minimum Gasteiger partial charge on any atom is -0.309 e. The van der Waals surface area contributed by atoms with Crippen molar-refractivity contribution in [3.8, 4) is 11.3 Å². The second-order valence-electron chi connectivity index (χ2n) is 6.01. The predicted molar refractivity (Wildman–Crippen MR) is 87.6 cm³/mol. The smallest absolute Gasteiger partial charge is 0.222 e. The van der Waals surface area contributed by atoms with Gasteiger partial charge in [-0.05, 0) is 37.1 Å². The van der Waals surface area contributed by atoms with Crippen molar-refractivity contribution in [3.05, 3.63) is 42.0 Å². The molecule has 1 N–H and O–H groups in total. The second kappa shape index (κ2) is 6.86. The van der Waals surface area contributed by atoms with Crippen LogP contribution in [0.5, 0.6) is 0 Å². The van der Waals surface area contributed by atoms with Gasteiger partial charge in [-0.1, -0.05) is 19.3 Å². The average Bonchev–Trinajstić information content (AvgIpc) is 2.56. The van der Waals surface area contributed by atoms with E-state index in [0.717, 1.165) is 24.1 Å². The molecule has 1 aliphatic rings. The number of halogens is 1. The molecule has 0 atom stereocenters. The molecule has 2 aromatic rings. The Labute approximate surface area is 135 Å². The van der Waals surface area contributed by atoms with Crippen LogP contribution >= 0.6 is 0 Å². The van der Waals surface area contributed by atoms with E-state index in [0.29, 0.717) is 17.4 Å². The maximum atomic E-state index is 13.1. The van der Waals surface area contributed by atoms with E-state index in [4.69, 9.17) is 4.98 Å². The molecule has 1 saturated carbocycles. The third kappa shape index (κ3) is 3.73. The second-order valence-corrected chi connectivity index (χ2v) is 6.01. The third-order valence-corrected chi connectivity index (χ3v) is 4.23. The first-order valence-corrected chi connectivity index (χ1v) is 8.04. The van der Waals surface area contributed by atoms with Gasteiger partial charge in [0.2, 0.25) is 5.91 Å². The monoisotopic (exact) mass is 313 g/mol. The number of aromatic nitrogens is 2. The number of anilines is 1. The molecule has 5 heteroatoms. The van der Waals surface area contributed by atoms with E-state index in [1.807, 2.05) is 0 Å². The van der Waals surface area contributed by atoms with E-state index in [1.54, 1.807) is 18.3 Å². The SMILES string of the molecule is CC(=O)Nc1ncc(-c2ccc(F)cc2)nc1C1CCCCC1. The molecule has 1 heterocycles. The van der Waals surface area contributed by atoms with Gasteiger partial charge in [0.25, 0.3) is 0 Å². The number of carbonyl (C=O) groups is 1. The molecule has 0 saturated heterocycles. The third-order valence-electron chi connectivity index (χ3n) is 4.23. The number of nitrogens with zero attached hydrogens (tertiary/aromatic N) is 2. The molecule has 1 fully saturated rings. The van der Waals surface area contributed by atoms with Crippen molar-refractivity contribution in [2.75, 3.05) is 5.32 Å². The summed E-state index contributed by atoms with van der Waals surface area (Å²) in [5.41, 5.74) is 2.38. The zero-order valence-electron chi connectivity index (χ0n) is 13.2. The van der Waals surface area contributed by atoms with Gasteiger partial charge in [0.15, 0.2) is 5.82 Å². The number of carbonyl (C=O) groups excluding carboxylic acids is 1. The molecule has 0 radical (unpaired) electrons. The fourth-order valence-electron chi connectivity index (χ4n) is 3.09. The minimum absolute atomic E-state index is 0.147. The van der Waals surface area contributed by atoms with Crippen molar-refractivity contribution >= 4 is 11.7 Å². The van der Waals surface area contributed by atoms with Gasteiger partial charge < -0.3 is 5.32 Å². The van der Waals surface area contributed by atoms with E-state index in [-0.39, 0.29) is 11.7 Å². The Hall–Kier alpha value is -2.30. The minimum atomic E-state index is -0.274. The molecule has 23 heavy (non-hydrogen) atoms. The van der Waals surface area contributed by atoms with Crippen LogP contribution < -0.4 is 5.32 Å². The first kappa shape index (κ1) is 15.6. The van der Waals surface area contributed by atoms with Gasteiger partial charge in [0.1, 0.15) is 5.82 Å². The van der Waals surface area contributed by atoms with Crippen LogP contribution in [0.3, 0.4) is 0 Å². The van der Waals surface area contributed by atoms with Crippen LogP contribution in [-0.4, -0.2) is 15.9 Å². The fraction of sp³-hybridized carbons (Fsp3) is 0.389. The normalized spacial score (nSPS) is 15.4. The van der Waals surface area contributed by atoms with Crippen LogP contribution in [0.2, 0.25) is 0 Å². The molecule has 1 aliphatic carbocycles. The van der Waals surface area contributed by atoms with Crippen LogP contribution in [0.1, 0.15) is 50.6 Å². The Morgan fingerprint density at radius 3 is 2.52 bits per heavy atom. The summed E-state index contributed by atoms with van der Waals surface area (Å²) in [5, 5.41) is 2.79. The van der Waals surface area contributed by atoms with Gasteiger partial charge >= 0.3 is 0 Å². The first-order chi connectivity index (χ1) is 11.1. The standard InChI is InChI=1S/C18H20FN3O/c1-12(23)21-18-17(14-5-3-2-4-6-14)22-16(11-20-18)13-7-9-15(19)10-8-13/h7-11,14H,2-6H2,1H3,(H,20,21,23). The summed E-state index contributed by atoms with van der Waals surface area (Å²) in [4.78, 5) is 20.6. The van der Waals surface area contributed by atoms with Crippen LogP contribution in [0, 0.1) is 5.82 Å². The molecule has 0 bridgehead atoms. The van der Waals surface area contributed by atoms with Crippen LogP contribution in [0.15, 0.2) is 30.5 Å². The molecule has 1 amide bonds.